The number of hydrogen-bond acceptors (Lipinski definition) is 2. The molecular weight excluding hydrogens is 191 g/mol. The molecule has 0 radical (unpaired) electrons. The molecule has 0 saturated heterocycles. The number of thiol groups is 1. The standard InChI is InChI=1S/C8H18S.HO2P/c1-3-8(2)6-4-5-7-9;1-3-2/h8-9H,3-7H2,1-2H3;3H/p+1. The van der Waals surface area contributed by atoms with Crippen molar-refractivity contribution in [2.45, 2.75) is 39.5 Å². The van der Waals surface area contributed by atoms with Crippen LogP contribution in [0.2, 0.25) is 0 Å². The molecule has 0 aliphatic heterocycles. The normalized spacial score (nSPS) is 12.0. The van der Waals surface area contributed by atoms with Gasteiger partial charge in [-0.3, -0.25) is 0 Å². The molecule has 2 nitrogen and oxygen atoms in total. The van der Waals surface area contributed by atoms with Crippen LogP contribution in [0, 0.1) is 5.92 Å². The largest absolute Gasteiger partial charge is 0.491 e. The minimum atomic E-state index is -1.17. The molecule has 0 aromatic heterocycles. The molecule has 0 saturated carbocycles. The number of hydrogen-bond donors (Lipinski definition) is 2. The molecule has 0 aliphatic carbocycles. The molecule has 1 N–H and O–H groups in total. The van der Waals surface area contributed by atoms with E-state index >= 15 is 0 Å². The summed E-state index contributed by atoms with van der Waals surface area (Å²) in [6, 6.07) is 0. The van der Waals surface area contributed by atoms with Gasteiger partial charge in [0.1, 0.15) is 0 Å². The molecule has 0 amide bonds. The van der Waals surface area contributed by atoms with Crippen LogP contribution in [0.25, 0.3) is 0 Å². The SMILES string of the molecule is CCC(C)CCCCS.O=[PH+]O. The summed E-state index contributed by atoms with van der Waals surface area (Å²) in [5.41, 5.74) is 0. The van der Waals surface area contributed by atoms with E-state index in [1.807, 2.05) is 0 Å². The summed E-state index contributed by atoms with van der Waals surface area (Å²) in [7, 11) is -1.17. The lowest BCUT2D eigenvalue weighted by atomic mass is 10.0. The lowest BCUT2D eigenvalue weighted by molar-refractivity contribution is 0.493. The van der Waals surface area contributed by atoms with E-state index in [4.69, 9.17) is 9.46 Å². The average molecular weight is 211 g/mol. The van der Waals surface area contributed by atoms with Crippen LogP contribution in [0.15, 0.2) is 0 Å². The second-order valence-corrected chi connectivity index (χ2v) is 3.45. The molecule has 0 fully saturated rings. The van der Waals surface area contributed by atoms with E-state index in [-0.39, 0.29) is 0 Å². The molecule has 0 aromatic carbocycles. The van der Waals surface area contributed by atoms with Crippen molar-refractivity contribution in [1.82, 2.24) is 0 Å². The molecule has 4 heteroatoms. The minimum Gasteiger partial charge on any atom is -0.179 e. The van der Waals surface area contributed by atoms with Gasteiger partial charge in [0.05, 0.1) is 0 Å². The van der Waals surface area contributed by atoms with Crippen molar-refractivity contribution in [2.75, 3.05) is 5.75 Å². The summed E-state index contributed by atoms with van der Waals surface area (Å²) in [6.45, 7) is 4.57. The van der Waals surface area contributed by atoms with E-state index in [2.05, 4.69) is 26.5 Å². The summed E-state index contributed by atoms with van der Waals surface area (Å²) < 4.78 is 8.51. The van der Waals surface area contributed by atoms with Crippen LogP contribution >= 0.6 is 21.3 Å². The Bertz CT molecular complexity index is 91.1. The lowest BCUT2D eigenvalue weighted by Gasteiger charge is -2.05. The molecule has 0 rings (SSSR count). The van der Waals surface area contributed by atoms with Crippen LogP contribution in [0.3, 0.4) is 0 Å². The molecule has 0 aromatic rings. The van der Waals surface area contributed by atoms with Crippen LogP contribution in [0.1, 0.15) is 39.5 Å². The van der Waals surface area contributed by atoms with Gasteiger partial charge in [0.25, 0.3) is 0 Å². The second kappa shape index (κ2) is 14.0. The first kappa shape index (κ1) is 14.9. The van der Waals surface area contributed by atoms with E-state index in [1.54, 1.807) is 0 Å². The molecule has 2 atom stereocenters. The van der Waals surface area contributed by atoms with E-state index in [1.165, 1.54) is 25.7 Å². The number of unbranched alkanes of at least 4 members (excludes halogenated alkanes) is 1. The van der Waals surface area contributed by atoms with Crippen molar-refractivity contribution in [2.24, 2.45) is 5.92 Å². The molecule has 2 unspecified atom stereocenters. The summed E-state index contributed by atoms with van der Waals surface area (Å²) in [5.74, 6) is 1.97. The van der Waals surface area contributed by atoms with Gasteiger partial charge >= 0.3 is 8.69 Å². The number of rotatable bonds is 5. The van der Waals surface area contributed by atoms with Gasteiger partial charge in [-0.05, 0) is 22.7 Å². The lowest BCUT2D eigenvalue weighted by Crippen LogP contribution is -1.91. The molecular formula is C8H20O2PS+. The Labute approximate surface area is 82.5 Å². The Morgan fingerprint density at radius 1 is 1.50 bits per heavy atom. The van der Waals surface area contributed by atoms with Crippen molar-refractivity contribution >= 4 is 21.3 Å². The van der Waals surface area contributed by atoms with Gasteiger partial charge in [-0.2, -0.15) is 17.5 Å². The van der Waals surface area contributed by atoms with E-state index in [0.29, 0.717) is 0 Å². The van der Waals surface area contributed by atoms with Crippen molar-refractivity contribution < 1.29 is 9.46 Å². The Morgan fingerprint density at radius 2 is 2.00 bits per heavy atom. The van der Waals surface area contributed by atoms with Crippen molar-refractivity contribution in [3.8, 4) is 0 Å². The quantitative estimate of drug-likeness (QED) is 0.416. The predicted octanol–water partition coefficient (Wildman–Crippen LogP) is 3.05. The maximum Gasteiger partial charge on any atom is 0.491 e. The first-order valence-electron chi connectivity index (χ1n) is 4.34. The van der Waals surface area contributed by atoms with Crippen molar-refractivity contribution in [3.05, 3.63) is 0 Å². The highest BCUT2D eigenvalue weighted by atomic mass is 32.1. The zero-order valence-corrected chi connectivity index (χ0v) is 9.81. The zero-order valence-electron chi connectivity index (χ0n) is 7.92. The van der Waals surface area contributed by atoms with Crippen LogP contribution in [0.5, 0.6) is 0 Å². The van der Waals surface area contributed by atoms with Gasteiger partial charge in [-0.1, -0.05) is 33.1 Å². The third-order valence-electron chi connectivity index (χ3n) is 1.80. The smallest absolute Gasteiger partial charge is 0.179 e. The Balaban J connectivity index is 0. The highest BCUT2D eigenvalue weighted by molar-refractivity contribution is 7.80. The molecule has 0 heterocycles. The van der Waals surface area contributed by atoms with Crippen LogP contribution < -0.4 is 0 Å². The summed E-state index contributed by atoms with van der Waals surface area (Å²) >= 11 is 4.15. The second-order valence-electron chi connectivity index (χ2n) is 2.82. The van der Waals surface area contributed by atoms with Crippen LogP contribution in [0.4, 0.5) is 0 Å². The topological polar surface area (TPSA) is 37.3 Å². The van der Waals surface area contributed by atoms with Gasteiger partial charge in [0.15, 0.2) is 0 Å². The Morgan fingerprint density at radius 3 is 2.33 bits per heavy atom. The van der Waals surface area contributed by atoms with Crippen LogP contribution in [-0.2, 0) is 4.57 Å². The Hall–Kier alpha value is 0.410. The molecule has 74 valence electrons. The molecule has 12 heavy (non-hydrogen) atoms. The summed E-state index contributed by atoms with van der Waals surface area (Å²) in [6.07, 6.45) is 5.36. The summed E-state index contributed by atoms with van der Waals surface area (Å²) in [5, 5.41) is 0. The fourth-order valence-corrected chi connectivity index (χ4v) is 1.03. The Kier molecular flexibility index (Phi) is 17.3. The van der Waals surface area contributed by atoms with E-state index in [0.717, 1.165) is 11.7 Å². The van der Waals surface area contributed by atoms with Gasteiger partial charge < -0.3 is 0 Å². The van der Waals surface area contributed by atoms with E-state index < -0.39 is 8.69 Å². The van der Waals surface area contributed by atoms with Crippen molar-refractivity contribution in [1.29, 1.82) is 0 Å². The van der Waals surface area contributed by atoms with Gasteiger partial charge in [-0.15, -0.1) is 0 Å². The zero-order chi connectivity index (χ0) is 9.82. The van der Waals surface area contributed by atoms with Crippen molar-refractivity contribution in [3.63, 3.8) is 0 Å². The molecule has 0 spiro atoms. The maximum atomic E-state index is 8.51. The fraction of sp³-hybridized carbons (Fsp3) is 1.00. The molecule has 0 aliphatic rings. The fourth-order valence-electron chi connectivity index (χ4n) is 0.809. The molecule has 0 bridgehead atoms. The van der Waals surface area contributed by atoms with E-state index in [9.17, 15) is 0 Å². The first-order valence-corrected chi connectivity index (χ1v) is 5.83. The maximum absolute atomic E-state index is 8.51. The third kappa shape index (κ3) is 16.8. The van der Waals surface area contributed by atoms with Gasteiger partial charge in [0, 0.05) is 0 Å². The highest BCUT2D eigenvalue weighted by Crippen LogP contribution is 2.10. The summed E-state index contributed by atoms with van der Waals surface area (Å²) in [4.78, 5) is 7.04. The monoisotopic (exact) mass is 211 g/mol. The average Bonchev–Trinajstić information content (AvgIpc) is 2.06. The third-order valence-corrected chi connectivity index (χ3v) is 2.12. The highest BCUT2D eigenvalue weighted by Gasteiger charge is 1.95. The van der Waals surface area contributed by atoms with Gasteiger partial charge in [-0.25, -0.2) is 0 Å². The first-order chi connectivity index (χ1) is 5.72. The minimum absolute atomic E-state index is 0.921. The van der Waals surface area contributed by atoms with Crippen LogP contribution in [-0.4, -0.2) is 10.6 Å². The van der Waals surface area contributed by atoms with Gasteiger partial charge in [0.2, 0.25) is 0 Å². The predicted molar refractivity (Wildman–Crippen MR) is 58.4 cm³/mol.